The Morgan fingerprint density at radius 3 is 2.58 bits per heavy atom. The van der Waals surface area contributed by atoms with Gasteiger partial charge in [-0.15, -0.1) is 0 Å². The number of anilines is 3. The van der Waals surface area contributed by atoms with Crippen molar-refractivity contribution in [1.29, 1.82) is 0 Å². The standard InChI is InChI=1S/C22H28N6O3/c1-4-15-9-17(11-25-20(15)23)27-21(30)22(31)28-12-13(2)5-7-18(28)16-6-8-19(24-10-16)26-14(3)29/h6,8-11,13,18H,4-5,7,12H2,1-3H3,(H2,23,25)(H,27,30)(H,24,26,29)/t13-,18+/m1/s1. The summed E-state index contributed by atoms with van der Waals surface area (Å²) in [7, 11) is 0. The smallest absolute Gasteiger partial charge is 0.313 e. The second-order valence-corrected chi connectivity index (χ2v) is 7.89. The van der Waals surface area contributed by atoms with Crippen molar-refractivity contribution in [3.63, 3.8) is 0 Å². The molecule has 9 heteroatoms. The van der Waals surface area contributed by atoms with Gasteiger partial charge in [0.25, 0.3) is 0 Å². The third kappa shape index (κ3) is 5.36. The molecule has 0 aromatic carbocycles. The maximum absolute atomic E-state index is 13.1. The molecule has 1 aliphatic heterocycles. The number of likely N-dealkylation sites (tertiary alicyclic amines) is 1. The summed E-state index contributed by atoms with van der Waals surface area (Å²) in [4.78, 5) is 46.9. The first-order valence-electron chi connectivity index (χ1n) is 10.4. The van der Waals surface area contributed by atoms with E-state index in [1.807, 2.05) is 13.0 Å². The molecule has 4 N–H and O–H groups in total. The van der Waals surface area contributed by atoms with Crippen molar-refractivity contribution in [2.24, 2.45) is 5.92 Å². The molecule has 164 valence electrons. The zero-order chi connectivity index (χ0) is 22.5. The SMILES string of the molecule is CCc1cc(NC(=O)C(=O)N2C[C@H](C)CC[C@H]2c2ccc(NC(C)=O)nc2)cnc1N. The van der Waals surface area contributed by atoms with Crippen LogP contribution < -0.4 is 16.4 Å². The lowest BCUT2D eigenvalue weighted by molar-refractivity contribution is -0.146. The number of nitrogens with zero attached hydrogens (tertiary/aromatic N) is 3. The first kappa shape index (κ1) is 22.2. The quantitative estimate of drug-likeness (QED) is 0.647. The van der Waals surface area contributed by atoms with Crippen molar-refractivity contribution in [3.05, 3.63) is 41.7 Å². The van der Waals surface area contributed by atoms with Crippen LogP contribution >= 0.6 is 0 Å². The van der Waals surface area contributed by atoms with Crippen molar-refractivity contribution in [2.45, 2.75) is 46.1 Å². The van der Waals surface area contributed by atoms with Gasteiger partial charge in [0, 0.05) is 19.7 Å². The topological polar surface area (TPSA) is 130 Å². The van der Waals surface area contributed by atoms with Gasteiger partial charge in [-0.05, 0) is 48.4 Å². The Bertz CT molecular complexity index is 976. The predicted molar refractivity (Wildman–Crippen MR) is 118 cm³/mol. The lowest BCUT2D eigenvalue weighted by Crippen LogP contribution is -2.46. The molecule has 0 saturated carbocycles. The van der Waals surface area contributed by atoms with E-state index in [2.05, 4.69) is 27.5 Å². The third-order valence-corrected chi connectivity index (χ3v) is 5.39. The Morgan fingerprint density at radius 2 is 1.94 bits per heavy atom. The number of piperidine rings is 1. The van der Waals surface area contributed by atoms with Crippen LogP contribution in [0.4, 0.5) is 17.3 Å². The van der Waals surface area contributed by atoms with Gasteiger partial charge in [0.05, 0.1) is 17.9 Å². The first-order chi connectivity index (χ1) is 14.8. The summed E-state index contributed by atoms with van der Waals surface area (Å²) in [5, 5.41) is 5.27. The van der Waals surface area contributed by atoms with Crippen molar-refractivity contribution in [1.82, 2.24) is 14.9 Å². The summed E-state index contributed by atoms with van der Waals surface area (Å²) in [6.07, 6.45) is 5.42. The maximum Gasteiger partial charge on any atom is 0.313 e. The number of carbonyl (C=O) groups is 3. The van der Waals surface area contributed by atoms with E-state index in [9.17, 15) is 14.4 Å². The van der Waals surface area contributed by atoms with E-state index in [1.54, 1.807) is 23.2 Å². The van der Waals surface area contributed by atoms with Crippen LogP contribution in [-0.2, 0) is 20.8 Å². The summed E-state index contributed by atoms with van der Waals surface area (Å²) in [6.45, 7) is 5.89. The average molecular weight is 425 g/mol. The summed E-state index contributed by atoms with van der Waals surface area (Å²) in [6, 6.07) is 5.00. The summed E-state index contributed by atoms with van der Waals surface area (Å²) >= 11 is 0. The van der Waals surface area contributed by atoms with Crippen molar-refractivity contribution < 1.29 is 14.4 Å². The molecular weight excluding hydrogens is 396 g/mol. The molecule has 31 heavy (non-hydrogen) atoms. The van der Waals surface area contributed by atoms with Gasteiger partial charge < -0.3 is 21.3 Å². The van der Waals surface area contributed by atoms with Crippen LogP contribution in [0.2, 0.25) is 0 Å². The largest absolute Gasteiger partial charge is 0.383 e. The van der Waals surface area contributed by atoms with E-state index in [0.29, 0.717) is 30.3 Å². The van der Waals surface area contributed by atoms with E-state index < -0.39 is 11.8 Å². The number of nitrogens with one attached hydrogen (secondary N) is 2. The fourth-order valence-corrected chi connectivity index (χ4v) is 3.77. The van der Waals surface area contributed by atoms with Gasteiger partial charge in [0.1, 0.15) is 11.6 Å². The van der Waals surface area contributed by atoms with Gasteiger partial charge in [-0.1, -0.05) is 19.9 Å². The van der Waals surface area contributed by atoms with Crippen LogP contribution in [0.15, 0.2) is 30.6 Å². The number of aromatic nitrogens is 2. The van der Waals surface area contributed by atoms with Gasteiger partial charge in [0.2, 0.25) is 5.91 Å². The van der Waals surface area contributed by atoms with Gasteiger partial charge in [-0.25, -0.2) is 9.97 Å². The minimum absolute atomic E-state index is 0.205. The number of rotatable bonds is 4. The number of amides is 3. The third-order valence-electron chi connectivity index (χ3n) is 5.39. The number of nitrogen functional groups attached to an aromatic ring is 1. The van der Waals surface area contributed by atoms with Crippen LogP contribution in [-0.4, -0.2) is 39.1 Å². The zero-order valence-electron chi connectivity index (χ0n) is 18.0. The highest BCUT2D eigenvalue weighted by Crippen LogP contribution is 2.33. The van der Waals surface area contributed by atoms with Gasteiger partial charge >= 0.3 is 11.8 Å². The molecule has 2 aromatic heterocycles. The molecule has 0 spiro atoms. The van der Waals surface area contributed by atoms with Crippen LogP contribution in [0.25, 0.3) is 0 Å². The Balaban J connectivity index is 1.77. The number of hydrogen-bond donors (Lipinski definition) is 3. The summed E-state index contributed by atoms with van der Waals surface area (Å²) in [5.74, 6) is -0.383. The van der Waals surface area contributed by atoms with E-state index >= 15 is 0 Å². The fraction of sp³-hybridized carbons (Fsp3) is 0.409. The van der Waals surface area contributed by atoms with Gasteiger partial charge in [-0.3, -0.25) is 14.4 Å². The minimum Gasteiger partial charge on any atom is -0.383 e. The predicted octanol–water partition coefficient (Wildman–Crippen LogP) is 2.52. The minimum atomic E-state index is -0.712. The molecule has 3 amide bonds. The van der Waals surface area contributed by atoms with Crippen LogP contribution in [0, 0.1) is 5.92 Å². The zero-order valence-corrected chi connectivity index (χ0v) is 18.0. The van der Waals surface area contributed by atoms with Gasteiger partial charge in [0.15, 0.2) is 0 Å². The van der Waals surface area contributed by atoms with Crippen molar-refractivity contribution in [2.75, 3.05) is 22.9 Å². The monoisotopic (exact) mass is 424 g/mol. The first-order valence-corrected chi connectivity index (χ1v) is 10.4. The Morgan fingerprint density at radius 1 is 1.16 bits per heavy atom. The van der Waals surface area contributed by atoms with Crippen molar-refractivity contribution in [3.8, 4) is 0 Å². The highest BCUT2D eigenvalue weighted by molar-refractivity contribution is 6.39. The molecule has 1 saturated heterocycles. The molecule has 0 unspecified atom stereocenters. The Hall–Kier alpha value is -3.49. The lowest BCUT2D eigenvalue weighted by atomic mass is 9.90. The molecule has 1 fully saturated rings. The van der Waals surface area contributed by atoms with E-state index in [-0.39, 0.29) is 17.9 Å². The number of aryl methyl sites for hydroxylation is 1. The highest BCUT2D eigenvalue weighted by atomic mass is 16.2. The van der Waals surface area contributed by atoms with Crippen LogP contribution in [0.3, 0.4) is 0 Å². The molecular formula is C22H28N6O3. The summed E-state index contributed by atoms with van der Waals surface area (Å²) in [5.41, 5.74) is 7.88. The second kappa shape index (κ2) is 9.55. The molecule has 1 aliphatic rings. The maximum atomic E-state index is 13.1. The number of hydrogen-bond acceptors (Lipinski definition) is 6. The molecule has 3 heterocycles. The van der Waals surface area contributed by atoms with Gasteiger partial charge in [-0.2, -0.15) is 0 Å². The number of pyridine rings is 2. The Kier molecular flexibility index (Phi) is 6.84. The molecule has 2 aromatic rings. The molecule has 0 bridgehead atoms. The molecule has 0 radical (unpaired) electrons. The molecule has 9 nitrogen and oxygen atoms in total. The fourth-order valence-electron chi connectivity index (χ4n) is 3.77. The highest BCUT2D eigenvalue weighted by Gasteiger charge is 2.34. The molecule has 3 rings (SSSR count). The molecule has 0 aliphatic carbocycles. The van der Waals surface area contributed by atoms with E-state index in [4.69, 9.17) is 5.73 Å². The average Bonchev–Trinajstić information content (AvgIpc) is 2.74. The normalized spacial score (nSPS) is 18.4. The summed E-state index contributed by atoms with van der Waals surface area (Å²) < 4.78 is 0. The number of carbonyl (C=O) groups excluding carboxylic acids is 3. The Labute approximate surface area is 181 Å². The second-order valence-electron chi connectivity index (χ2n) is 7.89. The number of nitrogens with two attached hydrogens (primary N) is 1. The lowest BCUT2D eigenvalue weighted by Gasteiger charge is -2.38. The van der Waals surface area contributed by atoms with Crippen molar-refractivity contribution >= 4 is 35.0 Å². The molecule has 2 atom stereocenters. The van der Waals surface area contributed by atoms with Crippen LogP contribution in [0.1, 0.15) is 50.8 Å². The van der Waals surface area contributed by atoms with Crippen LogP contribution in [0.5, 0.6) is 0 Å². The van der Waals surface area contributed by atoms with E-state index in [0.717, 1.165) is 24.0 Å². The van der Waals surface area contributed by atoms with E-state index in [1.165, 1.54) is 13.1 Å².